The van der Waals surface area contributed by atoms with E-state index in [1.165, 1.54) is 6.61 Å². The van der Waals surface area contributed by atoms with E-state index < -0.39 is 0 Å². The van der Waals surface area contributed by atoms with Crippen LogP contribution in [0.4, 0.5) is 0 Å². The number of hydrogen-bond acceptors (Lipinski definition) is 2. The van der Waals surface area contributed by atoms with Crippen LogP contribution in [-0.2, 0) is 9.53 Å². The van der Waals surface area contributed by atoms with Gasteiger partial charge < -0.3 is 4.74 Å². The summed E-state index contributed by atoms with van der Waals surface area (Å²) in [5, 5.41) is 0. The van der Waals surface area contributed by atoms with Gasteiger partial charge in [0.2, 0.25) is 0 Å². The van der Waals surface area contributed by atoms with Crippen LogP contribution in [-0.4, -0.2) is 5.97 Å². The van der Waals surface area contributed by atoms with Gasteiger partial charge in [-0.2, -0.15) is 0 Å². The molecule has 2 nitrogen and oxygen atoms in total. The minimum absolute atomic E-state index is 0.160. The highest BCUT2D eigenvalue weighted by molar-refractivity contribution is 5.69. The number of carbonyl (C=O) groups is 1. The van der Waals surface area contributed by atoms with Crippen LogP contribution in [0, 0.1) is 6.61 Å². The minimum Gasteiger partial charge on any atom is -0.458 e. The zero-order valence-electron chi connectivity index (χ0n) is 5.31. The summed E-state index contributed by atoms with van der Waals surface area (Å²) in [6, 6.07) is 0. The van der Waals surface area contributed by atoms with Crippen LogP contribution in [0.5, 0.6) is 0 Å². The molecule has 0 aromatic carbocycles. The lowest BCUT2D eigenvalue weighted by Crippen LogP contribution is -1.98. The van der Waals surface area contributed by atoms with Gasteiger partial charge in [0.25, 0.3) is 0 Å². The molecule has 8 heavy (non-hydrogen) atoms. The van der Waals surface area contributed by atoms with E-state index in [0.29, 0.717) is 6.42 Å². The molecule has 0 amide bonds. The normalized spacial score (nSPS) is 8.75. The van der Waals surface area contributed by atoms with Crippen molar-refractivity contribution in [3.8, 4) is 0 Å². The van der Waals surface area contributed by atoms with Crippen molar-refractivity contribution in [2.45, 2.75) is 26.7 Å². The van der Waals surface area contributed by atoms with Crippen LogP contribution in [0.3, 0.4) is 0 Å². The fraction of sp³-hybridized carbons (Fsp3) is 0.667. The predicted molar refractivity (Wildman–Crippen MR) is 31.0 cm³/mol. The molecule has 2 heteroatoms. The van der Waals surface area contributed by atoms with Gasteiger partial charge in [0.1, 0.15) is 6.61 Å². The standard InChI is InChI=1S/C6H11O2/c1-3-5-8-6(7)4-2/h5H,3-4H2,1-2H3. The maximum absolute atomic E-state index is 10.3. The molecule has 0 aliphatic rings. The Hall–Kier alpha value is -0.530. The number of hydrogen-bond donors (Lipinski definition) is 0. The van der Waals surface area contributed by atoms with Gasteiger partial charge in [0, 0.05) is 6.42 Å². The van der Waals surface area contributed by atoms with E-state index in [1.54, 1.807) is 6.92 Å². The summed E-state index contributed by atoms with van der Waals surface area (Å²) in [5.74, 6) is -0.160. The quantitative estimate of drug-likeness (QED) is 0.521. The molecular weight excluding hydrogens is 104 g/mol. The van der Waals surface area contributed by atoms with Crippen molar-refractivity contribution < 1.29 is 9.53 Å². The first-order valence-corrected chi connectivity index (χ1v) is 2.82. The fourth-order valence-electron chi connectivity index (χ4n) is 0.260. The first-order chi connectivity index (χ1) is 3.81. The molecule has 0 atom stereocenters. The smallest absolute Gasteiger partial charge is 0.305 e. The predicted octanol–water partition coefficient (Wildman–Crippen LogP) is 1.51. The van der Waals surface area contributed by atoms with Gasteiger partial charge in [-0.15, -0.1) is 0 Å². The van der Waals surface area contributed by atoms with E-state index in [2.05, 4.69) is 4.74 Å². The number of carbonyl (C=O) groups excluding carboxylic acids is 1. The molecule has 0 saturated carbocycles. The van der Waals surface area contributed by atoms with Gasteiger partial charge in [0.05, 0.1) is 0 Å². The van der Waals surface area contributed by atoms with Crippen LogP contribution >= 0.6 is 0 Å². The van der Waals surface area contributed by atoms with Gasteiger partial charge in [0.15, 0.2) is 0 Å². The highest BCUT2D eigenvalue weighted by atomic mass is 16.5. The molecule has 0 aliphatic carbocycles. The Balaban J connectivity index is 2.99. The van der Waals surface area contributed by atoms with Crippen molar-refractivity contribution in [1.82, 2.24) is 0 Å². The Morgan fingerprint density at radius 3 is 2.62 bits per heavy atom. The summed E-state index contributed by atoms with van der Waals surface area (Å²) in [6.07, 6.45) is 1.24. The molecule has 0 aromatic rings. The maximum Gasteiger partial charge on any atom is 0.305 e. The van der Waals surface area contributed by atoms with Crippen LogP contribution < -0.4 is 0 Å². The lowest BCUT2D eigenvalue weighted by atomic mass is 10.5. The molecule has 0 N–H and O–H groups in total. The summed E-state index contributed by atoms with van der Waals surface area (Å²) in [4.78, 5) is 10.3. The van der Waals surface area contributed by atoms with Gasteiger partial charge in [-0.3, -0.25) is 4.79 Å². The van der Waals surface area contributed by atoms with E-state index in [4.69, 9.17) is 0 Å². The lowest BCUT2D eigenvalue weighted by Gasteiger charge is -1.95. The second-order valence-corrected chi connectivity index (χ2v) is 1.42. The van der Waals surface area contributed by atoms with Crippen LogP contribution in [0.15, 0.2) is 0 Å². The molecule has 1 radical (unpaired) electrons. The fourth-order valence-corrected chi connectivity index (χ4v) is 0.260. The lowest BCUT2D eigenvalue weighted by molar-refractivity contribution is -0.139. The van der Waals surface area contributed by atoms with E-state index in [9.17, 15) is 4.79 Å². The first kappa shape index (κ1) is 7.47. The Labute approximate surface area is 49.8 Å². The average Bonchev–Trinajstić information content (AvgIpc) is 1.83. The Morgan fingerprint density at radius 1 is 1.62 bits per heavy atom. The maximum atomic E-state index is 10.3. The highest BCUT2D eigenvalue weighted by Crippen LogP contribution is 1.90. The number of ether oxygens (including phenoxy) is 1. The average molecular weight is 115 g/mol. The molecule has 0 fully saturated rings. The summed E-state index contributed by atoms with van der Waals surface area (Å²) < 4.78 is 4.58. The molecule has 0 spiro atoms. The molecule has 0 aromatic heterocycles. The van der Waals surface area contributed by atoms with Crippen LogP contribution in [0.25, 0.3) is 0 Å². The minimum atomic E-state index is -0.160. The Morgan fingerprint density at radius 2 is 2.25 bits per heavy atom. The van der Waals surface area contributed by atoms with Crippen LogP contribution in [0.1, 0.15) is 26.7 Å². The van der Waals surface area contributed by atoms with Crippen LogP contribution in [0.2, 0.25) is 0 Å². The van der Waals surface area contributed by atoms with E-state index in [0.717, 1.165) is 6.42 Å². The summed E-state index contributed by atoms with van der Waals surface area (Å²) in [6.45, 7) is 5.20. The first-order valence-electron chi connectivity index (χ1n) is 2.82. The molecule has 0 unspecified atom stereocenters. The van der Waals surface area contributed by atoms with Crippen molar-refractivity contribution in [3.63, 3.8) is 0 Å². The third kappa shape index (κ3) is 3.65. The van der Waals surface area contributed by atoms with Crippen molar-refractivity contribution in [2.24, 2.45) is 0 Å². The molecule has 0 saturated heterocycles. The molecule has 0 heterocycles. The number of rotatable bonds is 3. The second-order valence-electron chi connectivity index (χ2n) is 1.42. The summed E-state index contributed by atoms with van der Waals surface area (Å²) in [5.41, 5.74) is 0. The van der Waals surface area contributed by atoms with E-state index in [1.807, 2.05) is 6.92 Å². The Kier molecular flexibility index (Phi) is 4.32. The van der Waals surface area contributed by atoms with E-state index >= 15 is 0 Å². The second kappa shape index (κ2) is 4.62. The van der Waals surface area contributed by atoms with E-state index in [-0.39, 0.29) is 5.97 Å². The molecule has 0 rings (SSSR count). The summed E-state index contributed by atoms with van der Waals surface area (Å²) >= 11 is 0. The van der Waals surface area contributed by atoms with Crippen molar-refractivity contribution in [3.05, 3.63) is 6.61 Å². The third-order valence-electron chi connectivity index (χ3n) is 0.670. The highest BCUT2D eigenvalue weighted by Gasteiger charge is 1.94. The Bertz CT molecular complexity index is 68.9. The largest absolute Gasteiger partial charge is 0.458 e. The molecule has 47 valence electrons. The van der Waals surface area contributed by atoms with Gasteiger partial charge >= 0.3 is 5.97 Å². The molecular formula is C6H11O2. The van der Waals surface area contributed by atoms with Crippen molar-refractivity contribution in [2.75, 3.05) is 0 Å². The zero-order chi connectivity index (χ0) is 6.41. The zero-order valence-corrected chi connectivity index (χ0v) is 5.31. The van der Waals surface area contributed by atoms with Gasteiger partial charge in [-0.05, 0) is 6.42 Å². The SMILES string of the molecule is CC[CH]OC(=O)CC. The molecule has 0 bridgehead atoms. The summed E-state index contributed by atoms with van der Waals surface area (Å²) in [7, 11) is 0. The third-order valence-corrected chi connectivity index (χ3v) is 0.670. The molecule has 0 aliphatic heterocycles. The van der Waals surface area contributed by atoms with Gasteiger partial charge in [-0.1, -0.05) is 13.8 Å². The van der Waals surface area contributed by atoms with Gasteiger partial charge in [-0.25, -0.2) is 0 Å². The topological polar surface area (TPSA) is 26.3 Å². The van der Waals surface area contributed by atoms with Crippen molar-refractivity contribution in [1.29, 1.82) is 0 Å². The van der Waals surface area contributed by atoms with Crippen molar-refractivity contribution >= 4 is 5.97 Å². The number of esters is 1. The monoisotopic (exact) mass is 115 g/mol.